The van der Waals surface area contributed by atoms with E-state index in [2.05, 4.69) is 18.2 Å². The summed E-state index contributed by atoms with van der Waals surface area (Å²) in [6.45, 7) is 0. The van der Waals surface area contributed by atoms with Crippen LogP contribution in [-0.2, 0) is 0 Å². The first-order valence-electron chi connectivity index (χ1n) is 8.25. The quantitative estimate of drug-likeness (QED) is 0.385. The van der Waals surface area contributed by atoms with E-state index in [4.69, 9.17) is 4.42 Å². The van der Waals surface area contributed by atoms with E-state index in [1.807, 2.05) is 72.8 Å². The highest BCUT2D eigenvalue weighted by Gasteiger charge is 2.06. The molecule has 2 nitrogen and oxygen atoms in total. The fourth-order valence-corrected chi connectivity index (χ4v) is 3.55. The van der Waals surface area contributed by atoms with Gasteiger partial charge in [0, 0.05) is 4.90 Å². The van der Waals surface area contributed by atoms with E-state index in [0.717, 1.165) is 26.3 Å². The van der Waals surface area contributed by atoms with Crippen LogP contribution in [-0.4, -0.2) is 0 Å². The monoisotopic (exact) mass is 353 g/mol. The molecule has 0 atom stereocenters. The fraction of sp³-hybridized carbons (Fsp3) is 0. The van der Waals surface area contributed by atoms with Crippen molar-refractivity contribution in [2.45, 2.75) is 9.99 Å². The molecule has 3 heteroatoms. The third kappa shape index (κ3) is 3.56. The van der Waals surface area contributed by atoms with Gasteiger partial charge in [-0.05, 0) is 52.7 Å². The first-order chi connectivity index (χ1) is 12.8. The van der Waals surface area contributed by atoms with Crippen molar-refractivity contribution in [3.63, 3.8) is 0 Å². The number of rotatable bonds is 4. The minimum Gasteiger partial charge on any atom is -0.450 e. The van der Waals surface area contributed by atoms with Crippen molar-refractivity contribution in [1.29, 1.82) is 5.26 Å². The van der Waals surface area contributed by atoms with Crippen molar-refractivity contribution in [1.82, 2.24) is 0 Å². The van der Waals surface area contributed by atoms with Crippen molar-refractivity contribution in [2.75, 3.05) is 0 Å². The van der Waals surface area contributed by atoms with E-state index in [-0.39, 0.29) is 0 Å². The smallest absolute Gasteiger partial charge is 0.165 e. The summed E-state index contributed by atoms with van der Waals surface area (Å²) in [6, 6.07) is 30.3. The molecule has 0 radical (unpaired) electrons. The van der Waals surface area contributed by atoms with Crippen LogP contribution in [0.1, 0.15) is 11.3 Å². The molecule has 0 spiro atoms. The Kier molecular flexibility index (Phi) is 4.59. The zero-order valence-electron chi connectivity index (χ0n) is 13.9. The number of nitriles is 1. The van der Waals surface area contributed by atoms with Crippen LogP contribution in [0.4, 0.5) is 0 Å². The average Bonchev–Trinajstić information content (AvgIpc) is 3.13. The highest BCUT2D eigenvalue weighted by molar-refractivity contribution is 7.99. The normalized spacial score (nSPS) is 11.4. The topological polar surface area (TPSA) is 36.9 Å². The Morgan fingerprint density at radius 1 is 0.846 bits per heavy atom. The molecule has 0 unspecified atom stereocenters. The molecule has 26 heavy (non-hydrogen) atoms. The zero-order chi connectivity index (χ0) is 17.8. The van der Waals surface area contributed by atoms with Gasteiger partial charge in [-0.1, -0.05) is 66.4 Å². The van der Waals surface area contributed by atoms with Gasteiger partial charge in [-0.2, -0.15) is 5.26 Å². The maximum atomic E-state index is 9.59. The molecule has 0 fully saturated rings. The fourth-order valence-electron chi connectivity index (χ4n) is 2.75. The van der Waals surface area contributed by atoms with Gasteiger partial charge in [0.2, 0.25) is 0 Å². The number of fused-ring (bicyclic) bond motifs is 1. The molecule has 3 aromatic carbocycles. The van der Waals surface area contributed by atoms with Gasteiger partial charge in [0.15, 0.2) is 5.09 Å². The van der Waals surface area contributed by atoms with E-state index in [1.165, 1.54) is 0 Å². The lowest BCUT2D eigenvalue weighted by Gasteiger charge is -2.02. The number of hydrogen-bond donors (Lipinski definition) is 0. The first kappa shape index (κ1) is 16.3. The third-order valence-corrected chi connectivity index (χ3v) is 4.96. The summed E-state index contributed by atoms with van der Waals surface area (Å²) < 4.78 is 5.86. The molecule has 0 saturated carbocycles. The predicted octanol–water partition coefficient (Wildman–Crippen LogP) is 6.65. The van der Waals surface area contributed by atoms with Gasteiger partial charge < -0.3 is 4.42 Å². The molecule has 0 aliphatic rings. The summed E-state index contributed by atoms with van der Waals surface area (Å²) in [6.07, 6.45) is 1.79. The molecule has 0 bridgehead atoms. The van der Waals surface area contributed by atoms with Gasteiger partial charge >= 0.3 is 0 Å². The lowest BCUT2D eigenvalue weighted by molar-refractivity contribution is 0.466. The Bertz CT molecular complexity index is 1120. The molecule has 124 valence electrons. The largest absolute Gasteiger partial charge is 0.450 e. The number of furan rings is 1. The van der Waals surface area contributed by atoms with Crippen LogP contribution in [0.15, 0.2) is 99.3 Å². The van der Waals surface area contributed by atoms with Crippen molar-refractivity contribution >= 4 is 34.2 Å². The van der Waals surface area contributed by atoms with E-state index in [1.54, 1.807) is 17.8 Å². The molecule has 1 aromatic heterocycles. The van der Waals surface area contributed by atoms with Gasteiger partial charge in [0.1, 0.15) is 5.76 Å². The number of allylic oxidation sites excluding steroid dienone is 1. The van der Waals surface area contributed by atoms with E-state index < -0.39 is 0 Å². The standard InChI is InChI=1S/C23H15NOS/c24-16-20(19-11-10-17-6-4-5-7-18(17)14-19)15-21-12-13-23(25-21)26-22-8-2-1-3-9-22/h1-15H/b20-15-. The Balaban J connectivity index is 1.62. The third-order valence-electron chi connectivity index (χ3n) is 4.03. The lowest BCUT2D eigenvalue weighted by Crippen LogP contribution is -1.82. The van der Waals surface area contributed by atoms with Crippen molar-refractivity contribution in [2.24, 2.45) is 0 Å². The van der Waals surface area contributed by atoms with E-state index in [0.29, 0.717) is 11.3 Å². The maximum Gasteiger partial charge on any atom is 0.165 e. The van der Waals surface area contributed by atoms with Crippen LogP contribution in [0, 0.1) is 11.3 Å². The van der Waals surface area contributed by atoms with E-state index in [9.17, 15) is 5.26 Å². The van der Waals surface area contributed by atoms with Gasteiger partial charge in [-0.3, -0.25) is 0 Å². The van der Waals surface area contributed by atoms with E-state index >= 15 is 0 Å². The number of benzene rings is 3. The van der Waals surface area contributed by atoms with Gasteiger partial charge in [0.05, 0.1) is 11.6 Å². The van der Waals surface area contributed by atoms with Crippen LogP contribution >= 0.6 is 11.8 Å². The maximum absolute atomic E-state index is 9.59. The first-order valence-corrected chi connectivity index (χ1v) is 9.07. The summed E-state index contributed by atoms with van der Waals surface area (Å²) >= 11 is 1.56. The summed E-state index contributed by atoms with van der Waals surface area (Å²) in [5.74, 6) is 0.674. The second kappa shape index (κ2) is 7.35. The summed E-state index contributed by atoms with van der Waals surface area (Å²) in [5, 5.41) is 12.7. The Hall–Kier alpha value is -3.22. The SMILES string of the molecule is N#C/C(=C/c1ccc(Sc2ccccc2)o1)c1ccc2ccccc2c1. The molecule has 0 amide bonds. The van der Waals surface area contributed by atoms with Crippen molar-refractivity contribution < 1.29 is 4.42 Å². The van der Waals surface area contributed by atoms with Gasteiger partial charge in [-0.15, -0.1) is 0 Å². The van der Waals surface area contributed by atoms with Crippen molar-refractivity contribution in [3.8, 4) is 6.07 Å². The van der Waals surface area contributed by atoms with Gasteiger partial charge in [0.25, 0.3) is 0 Å². The Labute approximate surface area is 156 Å². The second-order valence-electron chi connectivity index (χ2n) is 5.80. The Morgan fingerprint density at radius 2 is 1.62 bits per heavy atom. The van der Waals surface area contributed by atoms with Crippen LogP contribution in [0.5, 0.6) is 0 Å². The molecule has 4 aromatic rings. The predicted molar refractivity (Wildman–Crippen MR) is 107 cm³/mol. The molecular weight excluding hydrogens is 338 g/mol. The highest BCUT2D eigenvalue weighted by Crippen LogP contribution is 2.30. The van der Waals surface area contributed by atoms with Crippen LogP contribution < -0.4 is 0 Å². The lowest BCUT2D eigenvalue weighted by atomic mass is 10.0. The minimum absolute atomic E-state index is 0.585. The van der Waals surface area contributed by atoms with Crippen molar-refractivity contribution in [3.05, 3.63) is 96.3 Å². The number of nitrogens with zero attached hydrogens (tertiary/aromatic N) is 1. The molecular formula is C23H15NOS. The molecule has 0 N–H and O–H groups in total. The molecule has 0 aliphatic carbocycles. The zero-order valence-corrected chi connectivity index (χ0v) is 14.7. The summed E-state index contributed by atoms with van der Waals surface area (Å²) in [5.41, 5.74) is 1.47. The average molecular weight is 353 g/mol. The van der Waals surface area contributed by atoms with Crippen LogP contribution in [0.25, 0.3) is 22.4 Å². The second-order valence-corrected chi connectivity index (χ2v) is 6.88. The molecule has 1 heterocycles. The molecule has 4 rings (SSSR count). The highest BCUT2D eigenvalue weighted by atomic mass is 32.2. The van der Waals surface area contributed by atoms with Gasteiger partial charge in [-0.25, -0.2) is 0 Å². The summed E-state index contributed by atoms with van der Waals surface area (Å²) in [4.78, 5) is 1.12. The minimum atomic E-state index is 0.585. The molecule has 0 saturated heterocycles. The summed E-state index contributed by atoms with van der Waals surface area (Å²) in [7, 11) is 0. The molecule has 0 aliphatic heterocycles. The Morgan fingerprint density at radius 3 is 2.42 bits per heavy atom. The number of hydrogen-bond acceptors (Lipinski definition) is 3. The van der Waals surface area contributed by atoms with Crippen LogP contribution in [0.2, 0.25) is 0 Å². The van der Waals surface area contributed by atoms with Crippen LogP contribution in [0.3, 0.4) is 0 Å².